The van der Waals surface area contributed by atoms with Gasteiger partial charge in [-0.2, -0.15) is 4.98 Å². The van der Waals surface area contributed by atoms with Gasteiger partial charge in [-0.05, 0) is 0 Å². The number of aromatic nitrogens is 4. The van der Waals surface area contributed by atoms with E-state index in [1.54, 1.807) is 0 Å². The van der Waals surface area contributed by atoms with Crippen LogP contribution in [0.4, 0.5) is 0 Å². The van der Waals surface area contributed by atoms with E-state index in [2.05, 4.69) is 43.8 Å². The summed E-state index contributed by atoms with van der Waals surface area (Å²) in [6.45, 7) is 7.60. The maximum atomic E-state index is 5.29. The van der Waals surface area contributed by atoms with E-state index in [1.807, 2.05) is 19.4 Å². The molecule has 0 amide bonds. The van der Waals surface area contributed by atoms with Gasteiger partial charge < -0.3 is 14.4 Å². The summed E-state index contributed by atoms with van der Waals surface area (Å²) in [4.78, 5) is 11.3. The highest BCUT2D eigenvalue weighted by Crippen LogP contribution is 2.22. The Bertz CT molecular complexity index is 596. The average molecular weight is 327 g/mol. The minimum Gasteiger partial charge on any atom is -0.339 e. The molecular weight excluding hydrogens is 304 g/mol. The lowest BCUT2D eigenvalue weighted by Gasteiger charge is -2.34. The van der Waals surface area contributed by atoms with E-state index < -0.39 is 0 Å². The van der Waals surface area contributed by atoms with Crippen molar-refractivity contribution in [2.75, 3.05) is 19.6 Å². The van der Waals surface area contributed by atoms with Crippen LogP contribution in [0.2, 0.25) is 0 Å². The Kier molecular flexibility index (Phi) is 5.55. The lowest BCUT2D eigenvalue weighted by molar-refractivity contribution is 0.139. The molecule has 2 aromatic rings. The van der Waals surface area contributed by atoms with Crippen molar-refractivity contribution in [1.29, 1.82) is 0 Å². The molecule has 1 atom stereocenters. The summed E-state index contributed by atoms with van der Waals surface area (Å²) in [5.74, 6) is 2.78. The molecule has 3 heterocycles. The van der Waals surface area contributed by atoms with E-state index in [4.69, 9.17) is 4.52 Å². The summed E-state index contributed by atoms with van der Waals surface area (Å²) in [6, 6.07) is 0.236. The molecular formula is C14H23ClN6O. The maximum Gasteiger partial charge on any atom is 0.229 e. The molecule has 0 saturated carbocycles. The minimum atomic E-state index is 0. The second kappa shape index (κ2) is 7.21. The number of hydrogen-bond acceptors (Lipinski definition) is 6. The highest BCUT2D eigenvalue weighted by molar-refractivity contribution is 5.85. The Morgan fingerprint density at radius 1 is 1.45 bits per heavy atom. The maximum absolute atomic E-state index is 5.29. The molecule has 0 aliphatic carbocycles. The molecule has 122 valence electrons. The van der Waals surface area contributed by atoms with Crippen LogP contribution in [0.1, 0.15) is 43.3 Å². The lowest BCUT2D eigenvalue weighted by Crippen LogP contribution is -2.46. The molecule has 1 N–H and O–H groups in total. The molecule has 1 aliphatic heterocycles. The van der Waals surface area contributed by atoms with Crippen molar-refractivity contribution >= 4 is 12.4 Å². The predicted octanol–water partition coefficient (Wildman–Crippen LogP) is 1.49. The SMILES string of the molecule is CC(C)c1nc(CN2CCNCC2c2nccn2C)no1.Cl. The number of nitrogens with zero attached hydrogens (tertiary/aromatic N) is 5. The Balaban J connectivity index is 0.00000176. The first kappa shape index (κ1) is 16.9. The monoisotopic (exact) mass is 326 g/mol. The van der Waals surface area contributed by atoms with Crippen LogP contribution in [-0.2, 0) is 13.6 Å². The van der Waals surface area contributed by atoms with Crippen LogP contribution in [0.3, 0.4) is 0 Å². The van der Waals surface area contributed by atoms with Crippen LogP contribution in [0, 0.1) is 0 Å². The normalized spacial score (nSPS) is 19.4. The molecule has 1 aliphatic rings. The van der Waals surface area contributed by atoms with Gasteiger partial charge in [0.1, 0.15) is 5.82 Å². The Morgan fingerprint density at radius 2 is 2.27 bits per heavy atom. The van der Waals surface area contributed by atoms with E-state index >= 15 is 0 Å². The summed E-state index contributed by atoms with van der Waals surface area (Å²) in [5.41, 5.74) is 0. The first-order chi connectivity index (χ1) is 10.1. The van der Waals surface area contributed by atoms with Crippen LogP contribution >= 0.6 is 12.4 Å². The molecule has 22 heavy (non-hydrogen) atoms. The summed E-state index contributed by atoms with van der Waals surface area (Å²) >= 11 is 0. The zero-order valence-electron chi connectivity index (χ0n) is 13.2. The molecule has 0 radical (unpaired) electrons. The van der Waals surface area contributed by atoms with Crippen molar-refractivity contribution in [2.24, 2.45) is 7.05 Å². The highest BCUT2D eigenvalue weighted by Gasteiger charge is 2.28. The molecule has 0 aromatic carbocycles. The van der Waals surface area contributed by atoms with Crippen LogP contribution < -0.4 is 5.32 Å². The molecule has 1 unspecified atom stereocenters. The van der Waals surface area contributed by atoms with E-state index in [9.17, 15) is 0 Å². The Morgan fingerprint density at radius 3 is 2.91 bits per heavy atom. The van der Waals surface area contributed by atoms with E-state index in [1.165, 1.54) is 0 Å². The molecule has 8 heteroatoms. The number of hydrogen-bond donors (Lipinski definition) is 1. The topological polar surface area (TPSA) is 72.0 Å². The zero-order chi connectivity index (χ0) is 14.8. The van der Waals surface area contributed by atoms with Crippen LogP contribution in [0.15, 0.2) is 16.9 Å². The number of nitrogens with one attached hydrogen (secondary N) is 1. The Hall–Kier alpha value is -1.44. The summed E-state index contributed by atoms with van der Waals surface area (Å²) in [6.07, 6.45) is 3.82. The molecule has 1 saturated heterocycles. The first-order valence-corrected chi connectivity index (χ1v) is 7.39. The smallest absolute Gasteiger partial charge is 0.229 e. The summed E-state index contributed by atoms with van der Waals surface area (Å²) in [5, 5.41) is 7.52. The van der Waals surface area contributed by atoms with Gasteiger partial charge in [-0.15, -0.1) is 12.4 Å². The fraction of sp³-hybridized carbons (Fsp3) is 0.643. The quantitative estimate of drug-likeness (QED) is 0.918. The Labute approximate surface area is 136 Å². The third-order valence-corrected chi connectivity index (χ3v) is 3.83. The van der Waals surface area contributed by atoms with Crippen molar-refractivity contribution in [1.82, 2.24) is 29.9 Å². The number of aryl methyl sites for hydroxylation is 1. The molecule has 1 fully saturated rings. The molecule has 3 rings (SSSR count). The van der Waals surface area contributed by atoms with Gasteiger partial charge in [-0.3, -0.25) is 4.90 Å². The molecule has 0 spiro atoms. The van der Waals surface area contributed by atoms with E-state index in [-0.39, 0.29) is 24.4 Å². The minimum absolute atomic E-state index is 0. The van der Waals surface area contributed by atoms with Gasteiger partial charge in [-0.1, -0.05) is 19.0 Å². The van der Waals surface area contributed by atoms with Crippen molar-refractivity contribution in [2.45, 2.75) is 32.4 Å². The van der Waals surface area contributed by atoms with Crippen molar-refractivity contribution in [3.8, 4) is 0 Å². The zero-order valence-corrected chi connectivity index (χ0v) is 14.0. The van der Waals surface area contributed by atoms with Crippen molar-refractivity contribution in [3.63, 3.8) is 0 Å². The number of halogens is 1. The number of imidazole rings is 1. The van der Waals surface area contributed by atoms with Crippen LogP contribution in [0.5, 0.6) is 0 Å². The molecule has 0 bridgehead atoms. The number of rotatable bonds is 4. The van der Waals surface area contributed by atoms with Gasteiger partial charge in [0, 0.05) is 45.0 Å². The van der Waals surface area contributed by atoms with E-state index in [0.29, 0.717) is 12.4 Å². The van der Waals surface area contributed by atoms with Gasteiger partial charge in [0.05, 0.1) is 12.6 Å². The lowest BCUT2D eigenvalue weighted by atomic mass is 10.1. The van der Waals surface area contributed by atoms with Gasteiger partial charge in [0.15, 0.2) is 5.82 Å². The van der Waals surface area contributed by atoms with Crippen LogP contribution in [-0.4, -0.2) is 44.2 Å². The van der Waals surface area contributed by atoms with E-state index in [0.717, 1.165) is 31.3 Å². The van der Waals surface area contributed by atoms with Gasteiger partial charge in [0.25, 0.3) is 0 Å². The molecule has 2 aromatic heterocycles. The fourth-order valence-electron chi connectivity index (χ4n) is 2.64. The third-order valence-electron chi connectivity index (χ3n) is 3.83. The summed E-state index contributed by atoms with van der Waals surface area (Å²) < 4.78 is 7.36. The van der Waals surface area contributed by atoms with Crippen molar-refractivity contribution in [3.05, 3.63) is 29.9 Å². The van der Waals surface area contributed by atoms with Crippen LogP contribution in [0.25, 0.3) is 0 Å². The average Bonchev–Trinajstić information content (AvgIpc) is 3.09. The highest BCUT2D eigenvalue weighted by atomic mass is 35.5. The second-order valence-corrected chi connectivity index (χ2v) is 5.79. The largest absolute Gasteiger partial charge is 0.339 e. The fourth-order valence-corrected chi connectivity index (χ4v) is 2.64. The summed E-state index contributed by atoms with van der Waals surface area (Å²) in [7, 11) is 2.03. The van der Waals surface area contributed by atoms with Crippen molar-refractivity contribution < 1.29 is 4.52 Å². The molecule has 7 nitrogen and oxygen atoms in total. The number of piperazine rings is 1. The first-order valence-electron chi connectivity index (χ1n) is 7.39. The van der Waals surface area contributed by atoms with Gasteiger partial charge in [0.2, 0.25) is 5.89 Å². The second-order valence-electron chi connectivity index (χ2n) is 5.79. The third kappa shape index (κ3) is 3.48. The van der Waals surface area contributed by atoms with Gasteiger partial charge in [-0.25, -0.2) is 4.98 Å². The standard InChI is InChI=1S/C14H22N6O.ClH/c1-10(2)14-17-12(18-21-14)9-20-7-4-15-8-11(20)13-16-5-6-19(13)3;/h5-6,10-11,15H,4,7-9H2,1-3H3;1H. The van der Waals surface area contributed by atoms with Gasteiger partial charge >= 0.3 is 0 Å². The predicted molar refractivity (Wildman–Crippen MR) is 84.9 cm³/mol.